The van der Waals surface area contributed by atoms with Crippen molar-refractivity contribution in [2.75, 3.05) is 27.3 Å². The van der Waals surface area contributed by atoms with Gasteiger partial charge in [0, 0.05) is 18.0 Å². The number of pyridine rings is 1. The third kappa shape index (κ3) is 4.52. The van der Waals surface area contributed by atoms with Crippen LogP contribution in [-0.2, 0) is 16.0 Å². The van der Waals surface area contributed by atoms with E-state index in [9.17, 15) is 4.79 Å². The van der Waals surface area contributed by atoms with E-state index < -0.39 is 0 Å². The van der Waals surface area contributed by atoms with Crippen LogP contribution in [0.15, 0.2) is 30.5 Å². The molecule has 5 heteroatoms. The van der Waals surface area contributed by atoms with Crippen LogP contribution in [-0.4, -0.2) is 38.3 Å². The Morgan fingerprint density at radius 1 is 1.27 bits per heavy atom. The fourth-order valence-corrected chi connectivity index (χ4v) is 3.98. The highest BCUT2D eigenvalue weighted by Crippen LogP contribution is 2.29. The summed E-state index contributed by atoms with van der Waals surface area (Å²) in [6.45, 7) is 1.95. The number of piperidine rings is 1. The first-order chi connectivity index (χ1) is 12.7. The summed E-state index contributed by atoms with van der Waals surface area (Å²) in [6.07, 6.45) is 6.79. The second-order valence-electron chi connectivity index (χ2n) is 7.04. The number of aryl methyl sites for hydroxylation is 1. The van der Waals surface area contributed by atoms with Crippen molar-refractivity contribution in [3.63, 3.8) is 0 Å². The summed E-state index contributed by atoms with van der Waals surface area (Å²) in [5, 5.41) is 4.58. The van der Waals surface area contributed by atoms with Crippen molar-refractivity contribution >= 4 is 16.9 Å². The smallest absolute Gasteiger partial charge is 0.305 e. The third-order valence-electron chi connectivity index (χ3n) is 5.48. The van der Waals surface area contributed by atoms with Gasteiger partial charge in [-0.1, -0.05) is 0 Å². The van der Waals surface area contributed by atoms with E-state index in [2.05, 4.69) is 22.4 Å². The van der Waals surface area contributed by atoms with E-state index in [4.69, 9.17) is 9.47 Å². The average Bonchev–Trinajstić information content (AvgIpc) is 2.69. The summed E-state index contributed by atoms with van der Waals surface area (Å²) in [5.74, 6) is 1.72. The molecule has 26 heavy (non-hydrogen) atoms. The number of benzene rings is 1. The molecular weight excluding hydrogens is 328 g/mol. The molecule has 2 heterocycles. The van der Waals surface area contributed by atoms with E-state index in [0.29, 0.717) is 18.3 Å². The Balaban J connectivity index is 1.63. The topological polar surface area (TPSA) is 60.5 Å². The van der Waals surface area contributed by atoms with Crippen LogP contribution in [0.25, 0.3) is 10.9 Å². The molecule has 1 N–H and O–H groups in total. The molecule has 2 atom stereocenters. The highest BCUT2D eigenvalue weighted by molar-refractivity contribution is 5.83. The molecule has 1 aromatic heterocycles. The highest BCUT2D eigenvalue weighted by atomic mass is 16.5. The van der Waals surface area contributed by atoms with Crippen molar-refractivity contribution in [2.24, 2.45) is 11.8 Å². The van der Waals surface area contributed by atoms with Crippen LogP contribution < -0.4 is 10.1 Å². The van der Waals surface area contributed by atoms with Gasteiger partial charge in [0.05, 0.1) is 19.7 Å². The van der Waals surface area contributed by atoms with Gasteiger partial charge in [-0.05, 0) is 80.4 Å². The number of hydrogen-bond donors (Lipinski definition) is 1. The number of carbonyl (C=O) groups excluding carboxylic acids is 1. The van der Waals surface area contributed by atoms with Crippen molar-refractivity contribution < 1.29 is 14.3 Å². The number of aromatic nitrogens is 1. The minimum atomic E-state index is -0.101. The molecule has 3 rings (SSSR count). The second kappa shape index (κ2) is 8.99. The fraction of sp³-hybridized carbons (Fsp3) is 0.524. The summed E-state index contributed by atoms with van der Waals surface area (Å²) < 4.78 is 10.2. The van der Waals surface area contributed by atoms with Gasteiger partial charge in [-0.2, -0.15) is 0 Å². The largest absolute Gasteiger partial charge is 0.497 e. The minimum Gasteiger partial charge on any atom is -0.497 e. The van der Waals surface area contributed by atoms with Crippen molar-refractivity contribution in [3.05, 3.63) is 36.0 Å². The number of methoxy groups -OCH3 is 2. The van der Waals surface area contributed by atoms with E-state index in [0.717, 1.165) is 50.0 Å². The molecule has 1 aliphatic rings. The number of ether oxygens (including phenoxy) is 2. The normalized spacial score (nSPS) is 20.1. The number of esters is 1. The van der Waals surface area contributed by atoms with Crippen LogP contribution in [0.1, 0.15) is 31.2 Å². The maximum atomic E-state index is 11.7. The van der Waals surface area contributed by atoms with Gasteiger partial charge in [0.1, 0.15) is 5.75 Å². The number of nitrogens with one attached hydrogen (secondary N) is 1. The van der Waals surface area contributed by atoms with Gasteiger partial charge in [0.25, 0.3) is 0 Å². The lowest BCUT2D eigenvalue weighted by Gasteiger charge is -2.31. The molecule has 1 fully saturated rings. The Labute approximate surface area is 155 Å². The van der Waals surface area contributed by atoms with Gasteiger partial charge < -0.3 is 14.8 Å². The lowest BCUT2D eigenvalue weighted by atomic mass is 9.80. The van der Waals surface area contributed by atoms with E-state index >= 15 is 0 Å². The molecule has 0 bridgehead atoms. The summed E-state index contributed by atoms with van der Waals surface area (Å²) in [6, 6.07) is 8.14. The highest BCUT2D eigenvalue weighted by Gasteiger charge is 2.26. The van der Waals surface area contributed by atoms with Crippen LogP contribution in [0, 0.1) is 11.8 Å². The van der Waals surface area contributed by atoms with Crippen LogP contribution in [0.3, 0.4) is 0 Å². The average molecular weight is 356 g/mol. The molecule has 0 saturated carbocycles. The van der Waals surface area contributed by atoms with Gasteiger partial charge in [-0.3, -0.25) is 9.78 Å². The molecule has 2 aromatic rings. The van der Waals surface area contributed by atoms with Crippen LogP contribution in [0.5, 0.6) is 5.75 Å². The molecule has 0 spiro atoms. The summed E-state index contributed by atoms with van der Waals surface area (Å²) >= 11 is 0. The van der Waals surface area contributed by atoms with Crippen molar-refractivity contribution in [1.29, 1.82) is 0 Å². The molecule has 0 unspecified atom stereocenters. The molecule has 0 amide bonds. The number of fused-ring (bicyclic) bond motifs is 1. The summed E-state index contributed by atoms with van der Waals surface area (Å²) in [4.78, 5) is 16.1. The zero-order valence-corrected chi connectivity index (χ0v) is 15.7. The van der Waals surface area contributed by atoms with Crippen molar-refractivity contribution in [2.45, 2.75) is 32.1 Å². The molecule has 0 aliphatic carbocycles. The molecule has 1 aliphatic heterocycles. The standard InChI is InChI=1S/C21H28N2O3/c1-25-18-6-7-20-19(13-18)16(9-11-23-20)5-3-4-15-8-10-22-14-17(15)12-21(24)26-2/h6-7,9,11,13,15,17,22H,3-5,8,10,12,14H2,1-2H3/t15-,17+/m1/s1. The quantitative estimate of drug-likeness (QED) is 0.771. The van der Waals surface area contributed by atoms with E-state index in [-0.39, 0.29) is 5.97 Å². The van der Waals surface area contributed by atoms with E-state index in [1.807, 2.05) is 18.3 Å². The molecular formula is C21H28N2O3. The zero-order chi connectivity index (χ0) is 18.4. The van der Waals surface area contributed by atoms with Gasteiger partial charge in [-0.15, -0.1) is 0 Å². The predicted octanol–water partition coefficient (Wildman–Crippen LogP) is 3.35. The summed E-state index contributed by atoms with van der Waals surface area (Å²) in [7, 11) is 3.16. The van der Waals surface area contributed by atoms with Gasteiger partial charge in [-0.25, -0.2) is 0 Å². The van der Waals surface area contributed by atoms with Crippen LogP contribution in [0.2, 0.25) is 0 Å². The fourth-order valence-electron chi connectivity index (χ4n) is 3.98. The van der Waals surface area contributed by atoms with Crippen LogP contribution in [0.4, 0.5) is 0 Å². The molecule has 1 saturated heterocycles. The molecule has 1 aromatic carbocycles. The number of nitrogens with zero attached hydrogens (tertiary/aromatic N) is 1. The number of carbonyl (C=O) groups is 1. The SMILES string of the molecule is COC(=O)C[C@H]1CNCC[C@H]1CCCc1ccnc2ccc(OC)cc12. The van der Waals surface area contributed by atoms with Gasteiger partial charge in [0.15, 0.2) is 0 Å². The Kier molecular flexibility index (Phi) is 6.45. The Morgan fingerprint density at radius 3 is 2.96 bits per heavy atom. The van der Waals surface area contributed by atoms with Crippen LogP contribution >= 0.6 is 0 Å². The molecule has 5 nitrogen and oxygen atoms in total. The first-order valence-electron chi connectivity index (χ1n) is 9.40. The Morgan fingerprint density at radius 2 is 2.15 bits per heavy atom. The van der Waals surface area contributed by atoms with Crippen molar-refractivity contribution in [3.8, 4) is 5.75 Å². The number of rotatable bonds is 7. The Hall–Kier alpha value is -2.14. The number of hydrogen-bond acceptors (Lipinski definition) is 5. The predicted molar refractivity (Wildman–Crippen MR) is 102 cm³/mol. The third-order valence-corrected chi connectivity index (χ3v) is 5.48. The second-order valence-corrected chi connectivity index (χ2v) is 7.04. The maximum Gasteiger partial charge on any atom is 0.305 e. The Bertz CT molecular complexity index is 747. The first-order valence-corrected chi connectivity index (χ1v) is 9.40. The summed E-state index contributed by atoms with van der Waals surface area (Å²) in [5.41, 5.74) is 2.32. The molecule has 140 valence electrons. The van der Waals surface area contributed by atoms with Gasteiger partial charge >= 0.3 is 5.97 Å². The van der Waals surface area contributed by atoms with Crippen molar-refractivity contribution in [1.82, 2.24) is 10.3 Å². The van der Waals surface area contributed by atoms with E-state index in [1.54, 1.807) is 7.11 Å². The van der Waals surface area contributed by atoms with Gasteiger partial charge in [0.2, 0.25) is 0 Å². The van der Waals surface area contributed by atoms with E-state index in [1.165, 1.54) is 18.1 Å². The monoisotopic (exact) mass is 356 g/mol. The lowest BCUT2D eigenvalue weighted by Crippen LogP contribution is -2.38. The minimum absolute atomic E-state index is 0.101. The first kappa shape index (κ1) is 18.6. The molecule has 0 radical (unpaired) electrons. The lowest BCUT2D eigenvalue weighted by molar-refractivity contribution is -0.142. The zero-order valence-electron chi connectivity index (χ0n) is 15.7. The maximum absolute atomic E-state index is 11.7.